The van der Waals surface area contributed by atoms with Crippen molar-refractivity contribution in [3.63, 3.8) is 0 Å². The van der Waals surface area contributed by atoms with Crippen LogP contribution >= 0.6 is 0 Å². The van der Waals surface area contributed by atoms with E-state index in [1.165, 1.54) is 21.8 Å². The summed E-state index contributed by atoms with van der Waals surface area (Å²) in [6.45, 7) is 0. The molecule has 0 amide bonds. The highest BCUT2D eigenvalue weighted by atomic mass is 15.2. The molecule has 0 aliphatic rings. The minimum atomic E-state index is 0.563. The Morgan fingerprint density at radius 1 is 0.409 bits per heavy atom. The highest BCUT2D eigenvalue weighted by molar-refractivity contribution is 6.12. The molecule has 0 fully saturated rings. The van der Waals surface area contributed by atoms with Crippen LogP contribution in [0.2, 0.25) is 0 Å². The predicted octanol–water partition coefficient (Wildman–Crippen LogP) is 8.79. The summed E-state index contributed by atoms with van der Waals surface area (Å²) in [6.07, 6.45) is 3.54. The average Bonchev–Trinajstić information content (AvgIpc) is 3.61. The van der Waals surface area contributed by atoms with Gasteiger partial charge in [-0.1, -0.05) is 84.9 Å². The molecule has 4 aromatic heterocycles. The number of benzene rings is 5. The van der Waals surface area contributed by atoms with Gasteiger partial charge in [-0.05, 0) is 48.5 Å². The van der Waals surface area contributed by atoms with Crippen LogP contribution in [0.1, 0.15) is 0 Å². The molecule has 0 saturated carbocycles. The van der Waals surface area contributed by atoms with Crippen molar-refractivity contribution in [3.8, 4) is 34.4 Å². The van der Waals surface area contributed by atoms with Crippen LogP contribution in [0.25, 0.3) is 78.0 Å². The van der Waals surface area contributed by atoms with E-state index < -0.39 is 0 Å². The Morgan fingerprint density at radius 3 is 1.61 bits per heavy atom. The average molecular weight is 565 g/mol. The molecule has 4 heterocycles. The molecule has 6 nitrogen and oxygen atoms in total. The number of aromatic nitrogens is 6. The molecule has 6 heteroatoms. The molecule has 0 radical (unpaired) electrons. The van der Waals surface area contributed by atoms with Crippen molar-refractivity contribution < 1.29 is 0 Å². The first-order chi connectivity index (χ1) is 21.8. The summed E-state index contributed by atoms with van der Waals surface area (Å²) in [7, 11) is 0. The van der Waals surface area contributed by atoms with Crippen molar-refractivity contribution in [2.45, 2.75) is 0 Å². The fourth-order valence-corrected chi connectivity index (χ4v) is 6.32. The van der Waals surface area contributed by atoms with Crippen molar-refractivity contribution >= 4 is 43.6 Å². The maximum Gasteiger partial charge on any atom is 0.238 e. The van der Waals surface area contributed by atoms with Gasteiger partial charge in [0.05, 0.1) is 22.1 Å². The van der Waals surface area contributed by atoms with Crippen LogP contribution in [0, 0.1) is 0 Å². The SMILES string of the molecule is c1ccc(-c2nc(-c3cccnc3)nc(-n3c4ccccc4c4cc(-n5c6ccccc6c6ccccc65)ccc43)n2)cc1. The maximum atomic E-state index is 5.04. The molecule has 0 bridgehead atoms. The van der Waals surface area contributed by atoms with E-state index in [1.54, 1.807) is 12.4 Å². The Labute approximate surface area is 252 Å². The van der Waals surface area contributed by atoms with E-state index in [-0.39, 0.29) is 0 Å². The van der Waals surface area contributed by atoms with Gasteiger partial charge < -0.3 is 4.57 Å². The van der Waals surface area contributed by atoms with Gasteiger partial charge >= 0.3 is 0 Å². The van der Waals surface area contributed by atoms with E-state index in [2.05, 4.69) is 105 Å². The Morgan fingerprint density at radius 2 is 0.955 bits per heavy atom. The molecule has 0 spiro atoms. The number of para-hydroxylation sites is 3. The molecular formula is C38H24N6. The molecule has 0 N–H and O–H groups in total. The van der Waals surface area contributed by atoms with Crippen LogP contribution in [-0.4, -0.2) is 29.1 Å². The summed E-state index contributed by atoms with van der Waals surface area (Å²) < 4.78 is 4.50. The van der Waals surface area contributed by atoms with E-state index in [0.29, 0.717) is 17.6 Å². The van der Waals surface area contributed by atoms with Crippen LogP contribution in [-0.2, 0) is 0 Å². The molecule has 0 atom stereocenters. The number of fused-ring (bicyclic) bond motifs is 6. The zero-order chi connectivity index (χ0) is 29.0. The van der Waals surface area contributed by atoms with Crippen LogP contribution in [0.4, 0.5) is 0 Å². The number of pyridine rings is 1. The third-order valence-electron chi connectivity index (χ3n) is 8.27. The van der Waals surface area contributed by atoms with Crippen LogP contribution in [0.5, 0.6) is 0 Å². The van der Waals surface area contributed by atoms with Crippen LogP contribution in [0.3, 0.4) is 0 Å². The van der Waals surface area contributed by atoms with Gasteiger partial charge in [-0.3, -0.25) is 9.55 Å². The summed E-state index contributed by atoms with van der Waals surface area (Å²) in [4.78, 5) is 19.3. The van der Waals surface area contributed by atoms with E-state index in [4.69, 9.17) is 15.0 Å². The Kier molecular flexibility index (Phi) is 5.40. The first kappa shape index (κ1) is 24.5. The van der Waals surface area contributed by atoms with Gasteiger partial charge in [0.15, 0.2) is 11.6 Å². The van der Waals surface area contributed by atoms with Gasteiger partial charge in [0, 0.05) is 50.8 Å². The monoisotopic (exact) mass is 564 g/mol. The quantitative estimate of drug-likeness (QED) is 0.214. The lowest BCUT2D eigenvalue weighted by Gasteiger charge is -2.11. The number of rotatable bonds is 4. The molecule has 0 aliphatic heterocycles. The highest BCUT2D eigenvalue weighted by Gasteiger charge is 2.19. The highest BCUT2D eigenvalue weighted by Crippen LogP contribution is 2.36. The normalized spacial score (nSPS) is 11.6. The minimum Gasteiger partial charge on any atom is -0.309 e. The third-order valence-corrected chi connectivity index (χ3v) is 8.27. The molecule has 5 aromatic carbocycles. The molecular weight excluding hydrogens is 540 g/mol. The molecule has 206 valence electrons. The van der Waals surface area contributed by atoms with E-state index in [9.17, 15) is 0 Å². The molecule has 0 aliphatic carbocycles. The minimum absolute atomic E-state index is 0.563. The summed E-state index contributed by atoms with van der Waals surface area (Å²) in [5.41, 5.74) is 7.29. The summed E-state index contributed by atoms with van der Waals surface area (Å²) in [5, 5.41) is 4.75. The largest absolute Gasteiger partial charge is 0.309 e. The van der Waals surface area contributed by atoms with Gasteiger partial charge in [-0.2, -0.15) is 9.97 Å². The lowest BCUT2D eigenvalue weighted by Crippen LogP contribution is -2.06. The zero-order valence-corrected chi connectivity index (χ0v) is 23.5. The molecule has 0 unspecified atom stereocenters. The van der Waals surface area contributed by atoms with Crippen molar-refractivity contribution in [2.24, 2.45) is 0 Å². The summed E-state index contributed by atoms with van der Waals surface area (Å²) in [6, 6.07) is 46.2. The van der Waals surface area contributed by atoms with Crippen LogP contribution in [0.15, 0.2) is 146 Å². The predicted molar refractivity (Wildman–Crippen MR) is 177 cm³/mol. The molecule has 44 heavy (non-hydrogen) atoms. The Balaban J connectivity index is 1.32. The fraction of sp³-hybridized carbons (Fsp3) is 0. The Bertz CT molecular complexity index is 2380. The smallest absolute Gasteiger partial charge is 0.238 e. The van der Waals surface area contributed by atoms with E-state index in [0.717, 1.165) is 38.6 Å². The molecule has 9 aromatic rings. The van der Waals surface area contributed by atoms with Gasteiger partial charge in [-0.25, -0.2) is 4.98 Å². The van der Waals surface area contributed by atoms with Gasteiger partial charge in [-0.15, -0.1) is 0 Å². The second-order valence-corrected chi connectivity index (χ2v) is 10.8. The number of hydrogen-bond acceptors (Lipinski definition) is 4. The second kappa shape index (κ2) is 9.71. The standard InChI is InChI=1S/C38H24N6/c1-2-11-25(12-3-1)36-40-37(26-13-10-22-39-24-26)42-38(41-36)44-34-19-9-6-16-30(34)31-23-27(20-21-35(31)44)43-32-17-7-4-14-28(32)29-15-5-8-18-33(29)43/h1-24H. The maximum absolute atomic E-state index is 5.04. The van der Waals surface area contributed by atoms with Gasteiger partial charge in [0.25, 0.3) is 0 Å². The molecule has 9 rings (SSSR count). The second-order valence-electron chi connectivity index (χ2n) is 10.8. The van der Waals surface area contributed by atoms with E-state index in [1.807, 2.05) is 42.5 Å². The lowest BCUT2D eigenvalue weighted by atomic mass is 10.1. The molecule has 0 saturated heterocycles. The fourth-order valence-electron chi connectivity index (χ4n) is 6.32. The van der Waals surface area contributed by atoms with Crippen molar-refractivity contribution in [1.82, 2.24) is 29.1 Å². The topological polar surface area (TPSA) is 61.4 Å². The van der Waals surface area contributed by atoms with E-state index >= 15 is 0 Å². The van der Waals surface area contributed by atoms with Crippen molar-refractivity contribution in [1.29, 1.82) is 0 Å². The summed E-state index contributed by atoms with van der Waals surface area (Å²) in [5.74, 6) is 1.76. The van der Waals surface area contributed by atoms with Crippen molar-refractivity contribution in [3.05, 3.63) is 146 Å². The number of hydrogen-bond donors (Lipinski definition) is 0. The van der Waals surface area contributed by atoms with Gasteiger partial charge in [0.2, 0.25) is 5.95 Å². The van der Waals surface area contributed by atoms with Crippen molar-refractivity contribution in [2.75, 3.05) is 0 Å². The Hall–Kier alpha value is -6.14. The third kappa shape index (κ3) is 3.75. The first-order valence-electron chi connectivity index (χ1n) is 14.6. The first-order valence-corrected chi connectivity index (χ1v) is 14.6. The zero-order valence-electron chi connectivity index (χ0n) is 23.5. The number of nitrogens with zero attached hydrogens (tertiary/aromatic N) is 6. The van der Waals surface area contributed by atoms with Crippen LogP contribution < -0.4 is 0 Å². The summed E-state index contributed by atoms with van der Waals surface area (Å²) >= 11 is 0. The lowest BCUT2D eigenvalue weighted by molar-refractivity contribution is 0.952. The van der Waals surface area contributed by atoms with Gasteiger partial charge in [0.1, 0.15) is 0 Å².